The van der Waals surface area contributed by atoms with Crippen molar-refractivity contribution in [2.75, 3.05) is 13.2 Å². The molecule has 2 rings (SSSR count). The predicted molar refractivity (Wildman–Crippen MR) is 60.3 cm³/mol. The van der Waals surface area contributed by atoms with Crippen molar-refractivity contribution in [2.45, 2.75) is 38.5 Å². The number of aromatic nitrogens is 1. The van der Waals surface area contributed by atoms with Crippen LogP contribution < -0.4 is 0 Å². The molecule has 0 radical (unpaired) electrons. The van der Waals surface area contributed by atoms with E-state index in [0.29, 0.717) is 24.6 Å². The summed E-state index contributed by atoms with van der Waals surface area (Å²) in [7, 11) is 0. The predicted octanol–water partition coefficient (Wildman–Crippen LogP) is 2.22. The third-order valence-electron chi connectivity index (χ3n) is 2.90. The van der Waals surface area contributed by atoms with Gasteiger partial charge in [0.15, 0.2) is 0 Å². The van der Waals surface area contributed by atoms with Crippen molar-refractivity contribution in [2.24, 2.45) is 0 Å². The van der Waals surface area contributed by atoms with E-state index in [2.05, 4.69) is 4.98 Å². The molecule has 1 fully saturated rings. The number of carbonyl (C=O) groups is 1. The largest absolute Gasteiger partial charge is 0.475 e. The summed E-state index contributed by atoms with van der Waals surface area (Å²) in [6, 6.07) is 0. The van der Waals surface area contributed by atoms with Crippen LogP contribution in [0.3, 0.4) is 0 Å². The lowest BCUT2D eigenvalue weighted by atomic mass is 10.0. The molecule has 0 spiro atoms. The molecule has 0 saturated carbocycles. The number of carboxylic acids is 1. The first-order valence-electron chi connectivity index (χ1n) is 6.03. The van der Waals surface area contributed by atoms with Crippen LogP contribution in [-0.2, 0) is 11.2 Å². The van der Waals surface area contributed by atoms with Crippen LogP contribution in [0.25, 0.3) is 0 Å². The number of oxazole rings is 1. The molecule has 1 aliphatic heterocycles. The second-order valence-electron chi connectivity index (χ2n) is 4.30. The van der Waals surface area contributed by atoms with Gasteiger partial charge >= 0.3 is 5.97 Å². The fourth-order valence-corrected chi connectivity index (χ4v) is 2.05. The average molecular weight is 239 g/mol. The molecular weight excluding hydrogens is 222 g/mol. The van der Waals surface area contributed by atoms with Crippen LogP contribution in [0.15, 0.2) is 4.42 Å². The number of ether oxygens (including phenoxy) is 1. The molecule has 1 aliphatic rings. The zero-order valence-electron chi connectivity index (χ0n) is 9.94. The van der Waals surface area contributed by atoms with E-state index in [4.69, 9.17) is 14.3 Å². The third-order valence-corrected chi connectivity index (χ3v) is 2.90. The van der Waals surface area contributed by atoms with Gasteiger partial charge in [0.05, 0.1) is 18.2 Å². The molecule has 1 aromatic heterocycles. The second kappa shape index (κ2) is 5.31. The van der Waals surface area contributed by atoms with Crippen LogP contribution in [0.2, 0.25) is 0 Å². The molecule has 1 atom stereocenters. The summed E-state index contributed by atoms with van der Waals surface area (Å²) in [4.78, 5) is 15.3. The van der Waals surface area contributed by atoms with Gasteiger partial charge in [0.25, 0.3) is 0 Å². The second-order valence-corrected chi connectivity index (χ2v) is 4.30. The molecule has 0 amide bonds. The van der Waals surface area contributed by atoms with Crippen molar-refractivity contribution < 1.29 is 19.1 Å². The van der Waals surface area contributed by atoms with Crippen molar-refractivity contribution in [3.8, 4) is 0 Å². The highest BCUT2D eigenvalue weighted by Crippen LogP contribution is 2.27. The number of aryl methyl sites for hydroxylation is 1. The van der Waals surface area contributed by atoms with E-state index in [1.807, 2.05) is 6.92 Å². The van der Waals surface area contributed by atoms with Gasteiger partial charge in [-0.15, -0.1) is 0 Å². The van der Waals surface area contributed by atoms with Crippen LogP contribution in [0.5, 0.6) is 0 Å². The SMILES string of the molecule is CCCc1nc(C2CCCOC2)oc1C(=O)O. The number of rotatable bonds is 4. The quantitative estimate of drug-likeness (QED) is 0.872. The van der Waals surface area contributed by atoms with Gasteiger partial charge < -0.3 is 14.3 Å². The molecule has 0 aromatic carbocycles. The van der Waals surface area contributed by atoms with Crippen molar-refractivity contribution in [1.82, 2.24) is 4.98 Å². The van der Waals surface area contributed by atoms with Crippen LogP contribution in [-0.4, -0.2) is 29.3 Å². The summed E-state index contributed by atoms with van der Waals surface area (Å²) in [5, 5.41) is 9.04. The molecule has 0 bridgehead atoms. The Morgan fingerprint density at radius 1 is 1.59 bits per heavy atom. The van der Waals surface area contributed by atoms with E-state index in [1.165, 1.54) is 0 Å². The fraction of sp³-hybridized carbons (Fsp3) is 0.667. The third kappa shape index (κ3) is 2.66. The molecule has 5 nitrogen and oxygen atoms in total. The van der Waals surface area contributed by atoms with Gasteiger partial charge in [-0.1, -0.05) is 13.3 Å². The van der Waals surface area contributed by atoms with Gasteiger partial charge in [0, 0.05) is 6.61 Å². The highest BCUT2D eigenvalue weighted by Gasteiger charge is 2.25. The molecule has 5 heteroatoms. The first kappa shape index (κ1) is 12.1. The van der Waals surface area contributed by atoms with Crippen molar-refractivity contribution >= 4 is 5.97 Å². The Morgan fingerprint density at radius 2 is 2.41 bits per heavy atom. The van der Waals surface area contributed by atoms with E-state index in [9.17, 15) is 4.79 Å². The Labute approximate surface area is 99.8 Å². The minimum atomic E-state index is -1.04. The minimum absolute atomic E-state index is 0.00702. The molecule has 2 heterocycles. The average Bonchev–Trinajstić information content (AvgIpc) is 2.75. The molecule has 17 heavy (non-hydrogen) atoms. The number of nitrogens with zero attached hydrogens (tertiary/aromatic N) is 1. The van der Waals surface area contributed by atoms with Gasteiger partial charge in [-0.05, 0) is 19.3 Å². The molecule has 94 valence electrons. The number of hydrogen-bond acceptors (Lipinski definition) is 4. The lowest BCUT2D eigenvalue weighted by molar-refractivity contribution is 0.0625. The Hall–Kier alpha value is -1.36. The molecule has 0 aliphatic carbocycles. The maximum Gasteiger partial charge on any atom is 0.373 e. The summed E-state index contributed by atoms with van der Waals surface area (Å²) in [6.45, 7) is 3.33. The van der Waals surface area contributed by atoms with Crippen LogP contribution >= 0.6 is 0 Å². The Morgan fingerprint density at radius 3 is 3.00 bits per heavy atom. The smallest absolute Gasteiger partial charge is 0.373 e. The van der Waals surface area contributed by atoms with Gasteiger partial charge in [-0.2, -0.15) is 0 Å². The van der Waals surface area contributed by atoms with Gasteiger partial charge in [-0.25, -0.2) is 9.78 Å². The van der Waals surface area contributed by atoms with Gasteiger partial charge in [-0.3, -0.25) is 0 Å². The Kier molecular flexibility index (Phi) is 3.78. The summed E-state index contributed by atoms with van der Waals surface area (Å²) < 4.78 is 10.7. The molecule has 1 saturated heterocycles. The molecule has 1 unspecified atom stereocenters. The van der Waals surface area contributed by atoms with Crippen molar-refractivity contribution in [3.63, 3.8) is 0 Å². The number of carboxylic acid groups (broad SMARTS) is 1. The Balaban J connectivity index is 2.22. The first-order chi connectivity index (χ1) is 8.22. The lowest BCUT2D eigenvalue weighted by Gasteiger charge is -2.18. The molecule has 1 N–H and O–H groups in total. The van der Waals surface area contributed by atoms with Crippen LogP contribution in [0.4, 0.5) is 0 Å². The van der Waals surface area contributed by atoms with E-state index in [1.54, 1.807) is 0 Å². The summed E-state index contributed by atoms with van der Waals surface area (Å²) in [6.07, 6.45) is 3.41. The zero-order chi connectivity index (χ0) is 12.3. The van der Waals surface area contributed by atoms with E-state index in [-0.39, 0.29) is 11.7 Å². The standard InChI is InChI=1S/C12H17NO4/c1-2-4-9-10(12(14)15)17-11(13-9)8-5-3-6-16-7-8/h8H,2-7H2,1H3,(H,14,15). The van der Waals surface area contributed by atoms with E-state index >= 15 is 0 Å². The highest BCUT2D eigenvalue weighted by molar-refractivity contribution is 5.85. The lowest BCUT2D eigenvalue weighted by Crippen LogP contribution is -2.15. The van der Waals surface area contributed by atoms with Crippen LogP contribution in [0.1, 0.15) is 54.2 Å². The maximum atomic E-state index is 11.0. The Bertz CT molecular complexity index is 393. The zero-order valence-corrected chi connectivity index (χ0v) is 9.94. The maximum absolute atomic E-state index is 11.0. The first-order valence-corrected chi connectivity index (χ1v) is 6.03. The van der Waals surface area contributed by atoms with Crippen molar-refractivity contribution in [1.29, 1.82) is 0 Å². The molecular formula is C12H17NO4. The highest BCUT2D eigenvalue weighted by atomic mass is 16.5. The minimum Gasteiger partial charge on any atom is -0.475 e. The fourth-order valence-electron chi connectivity index (χ4n) is 2.05. The normalized spacial score (nSPS) is 20.4. The van der Waals surface area contributed by atoms with Crippen molar-refractivity contribution in [3.05, 3.63) is 17.3 Å². The topological polar surface area (TPSA) is 72.6 Å². The summed E-state index contributed by atoms with van der Waals surface area (Å²) in [5.74, 6) is -0.422. The summed E-state index contributed by atoms with van der Waals surface area (Å²) in [5.41, 5.74) is 0.556. The van der Waals surface area contributed by atoms with Gasteiger partial charge in [0.2, 0.25) is 11.7 Å². The van der Waals surface area contributed by atoms with Crippen LogP contribution in [0, 0.1) is 0 Å². The number of hydrogen-bond donors (Lipinski definition) is 1. The number of aromatic carboxylic acids is 1. The van der Waals surface area contributed by atoms with E-state index in [0.717, 1.165) is 25.9 Å². The molecule has 1 aromatic rings. The van der Waals surface area contributed by atoms with Gasteiger partial charge in [0.1, 0.15) is 0 Å². The van der Waals surface area contributed by atoms with E-state index < -0.39 is 5.97 Å². The monoisotopic (exact) mass is 239 g/mol. The summed E-state index contributed by atoms with van der Waals surface area (Å²) >= 11 is 0.